The van der Waals surface area contributed by atoms with Crippen LogP contribution in [0.3, 0.4) is 0 Å². The average molecular weight is 294 g/mol. The summed E-state index contributed by atoms with van der Waals surface area (Å²) >= 11 is 1.56. The highest BCUT2D eigenvalue weighted by Crippen LogP contribution is 2.18. The maximum absolute atomic E-state index is 14.0. The van der Waals surface area contributed by atoms with Gasteiger partial charge in [0, 0.05) is 23.5 Å². The molecule has 0 radical (unpaired) electrons. The minimum Gasteiger partial charge on any atom is -0.478 e. The molecule has 2 rings (SSSR count). The third-order valence-electron chi connectivity index (χ3n) is 3.01. The van der Waals surface area contributed by atoms with Gasteiger partial charge in [-0.1, -0.05) is 12.1 Å². The molecule has 106 valence electrons. The molecule has 0 amide bonds. The van der Waals surface area contributed by atoms with Crippen molar-refractivity contribution in [1.29, 1.82) is 0 Å². The van der Waals surface area contributed by atoms with Crippen LogP contribution in [-0.2, 0) is 13.1 Å². The molecular formula is C14H15FN2O2S. The molecule has 0 saturated carbocycles. The molecule has 0 saturated heterocycles. The summed E-state index contributed by atoms with van der Waals surface area (Å²) in [7, 11) is 1.87. The normalized spacial score (nSPS) is 11.0. The molecular weight excluding hydrogens is 279 g/mol. The summed E-state index contributed by atoms with van der Waals surface area (Å²) in [6.07, 6.45) is 0. The van der Waals surface area contributed by atoms with E-state index < -0.39 is 11.8 Å². The van der Waals surface area contributed by atoms with Crippen molar-refractivity contribution in [3.05, 3.63) is 51.2 Å². The lowest BCUT2D eigenvalue weighted by Crippen LogP contribution is -2.18. The van der Waals surface area contributed by atoms with E-state index >= 15 is 0 Å². The van der Waals surface area contributed by atoms with Crippen LogP contribution < -0.4 is 0 Å². The highest BCUT2D eigenvalue weighted by atomic mass is 32.1. The molecule has 6 heteroatoms. The van der Waals surface area contributed by atoms with Gasteiger partial charge in [-0.15, -0.1) is 11.3 Å². The van der Waals surface area contributed by atoms with Crippen LogP contribution in [0.4, 0.5) is 4.39 Å². The molecule has 0 aliphatic heterocycles. The lowest BCUT2D eigenvalue weighted by atomic mass is 10.1. The second-order valence-corrected chi connectivity index (χ2v) is 5.56. The molecule has 1 aromatic carbocycles. The molecule has 0 bridgehead atoms. The number of nitrogens with zero attached hydrogens (tertiary/aromatic N) is 2. The first-order valence-electron chi connectivity index (χ1n) is 6.07. The topological polar surface area (TPSA) is 53.4 Å². The number of thiazole rings is 1. The third kappa shape index (κ3) is 3.20. The molecule has 1 N–H and O–H groups in total. The van der Waals surface area contributed by atoms with Crippen LogP contribution in [0.25, 0.3) is 0 Å². The Hall–Kier alpha value is -1.79. The van der Waals surface area contributed by atoms with E-state index in [4.69, 9.17) is 5.11 Å². The van der Waals surface area contributed by atoms with Crippen LogP contribution in [0.1, 0.15) is 26.5 Å². The number of carboxylic acid groups (broad SMARTS) is 1. The molecule has 0 aliphatic rings. The molecule has 0 aliphatic carbocycles. The zero-order chi connectivity index (χ0) is 14.7. The van der Waals surface area contributed by atoms with Crippen LogP contribution in [0.5, 0.6) is 0 Å². The number of rotatable bonds is 5. The predicted molar refractivity (Wildman–Crippen MR) is 75.4 cm³/mol. The zero-order valence-corrected chi connectivity index (χ0v) is 12.1. The van der Waals surface area contributed by atoms with Gasteiger partial charge in [-0.3, -0.25) is 4.90 Å². The number of benzene rings is 1. The molecule has 0 spiro atoms. The molecule has 4 nitrogen and oxygen atoms in total. The second-order valence-electron chi connectivity index (χ2n) is 4.62. The second kappa shape index (κ2) is 6.11. The highest BCUT2D eigenvalue weighted by Gasteiger charge is 2.15. The largest absolute Gasteiger partial charge is 0.478 e. The van der Waals surface area contributed by atoms with Gasteiger partial charge in [-0.2, -0.15) is 0 Å². The maximum Gasteiger partial charge on any atom is 0.338 e. The van der Waals surface area contributed by atoms with Gasteiger partial charge in [0.25, 0.3) is 0 Å². The van der Waals surface area contributed by atoms with Crippen LogP contribution in [0, 0.1) is 12.7 Å². The predicted octanol–water partition coefficient (Wildman–Crippen LogP) is 2.92. The highest BCUT2D eigenvalue weighted by molar-refractivity contribution is 7.09. The quantitative estimate of drug-likeness (QED) is 0.921. The lowest BCUT2D eigenvalue weighted by Gasteiger charge is -2.17. The maximum atomic E-state index is 14.0. The first kappa shape index (κ1) is 14.6. The number of aryl methyl sites for hydroxylation is 1. The fourth-order valence-corrected chi connectivity index (χ4v) is 2.79. The van der Waals surface area contributed by atoms with Crippen molar-refractivity contribution in [2.45, 2.75) is 20.0 Å². The number of carboxylic acids is 1. The van der Waals surface area contributed by atoms with E-state index in [0.29, 0.717) is 18.7 Å². The van der Waals surface area contributed by atoms with E-state index in [9.17, 15) is 9.18 Å². The van der Waals surface area contributed by atoms with Gasteiger partial charge in [0.15, 0.2) is 0 Å². The monoisotopic (exact) mass is 294 g/mol. The number of carbonyl (C=O) groups is 1. The van der Waals surface area contributed by atoms with Crippen LogP contribution in [0.2, 0.25) is 0 Å². The summed E-state index contributed by atoms with van der Waals surface area (Å²) in [6.45, 7) is 2.95. The van der Waals surface area contributed by atoms with Crippen molar-refractivity contribution in [2.24, 2.45) is 0 Å². The van der Waals surface area contributed by atoms with E-state index in [1.165, 1.54) is 6.07 Å². The van der Waals surface area contributed by atoms with Gasteiger partial charge >= 0.3 is 5.97 Å². The molecule has 0 atom stereocenters. The van der Waals surface area contributed by atoms with E-state index in [0.717, 1.165) is 10.6 Å². The molecule has 2 aromatic rings. The van der Waals surface area contributed by atoms with Gasteiger partial charge in [0.05, 0.1) is 16.8 Å². The fraction of sp³-hybridized carbons (Fsp3) is 0.286. The number of aromatic nitrogens is 1. The third-order valence-corrected chi connectivity index (χ3v) is 3.93. The lowest BCUT2D eigenvalue weighted by molar-refractivity contribution is 0.0691. The number of halogens is 1. The van der Waals surface area contributed by atoms with E-state index in [2.05, 4.69) is 4.98 Å². The van der Waals surface area contributed by atoms with Crippen LogP contribution >= 0.6 is 11.3 Å². The van der Waals surface area contributed by atoms with Gasteiger partial charge in [0.1, 0.15) is 5.82 Å². The van der Waals surface area contributed by atoms with Crippen molar-refractivity contribution in [3.63, 3.8) is 0 Å². The van der Waals surface area contributed by atoms with E-state index in [1.54, 1.807) is 29.0 Å². The molecule has 1 heterocycles. The van der Waals surface area contributed by atoms with Gasteiger partial charge < -0.3 is 5.11 Å². The van der Waals surface area contributed by atoms with Crippen LogP contribution in [-0.4, -0.2) is 28.0 Å². The van der Waals surface area contributed by atoms with Crippen LogP contribution in [0.15, 0.2) is 23.7 Å². The number of hydrogen-bond donors (Lipinski definition) is 1. The Morgan fingerprint density at radius 2 is 2.20 bits per heavy atom. The summed E-state index contributed by atoms with van der Waals surface area (Å²) < 4.78 is 14.0. The Kier molecular flexibility index (Phi) is 4.46. The summed E-state index contributed by atoms with van der Waals surface area (Å²) in [5.74, 6) is -1.90. The Bertz CT molecular complexity index is 627. The number of aromatic carboxylic acids is 1. The Morgan fingerprint density at radius 1 is 1.45 bits per heavy atom. The standard InChI is InChI=1S/C14H15FN2O2S/c1-9-12(20-8-16-9)7-17(2)6-10-4-3-5-11(13(10)15)14(18)19/h3-5,8H,6-7H2,1-2H3,(H,18,19). The first-order valence-corrected chi connectivity index (χ1v) is 6.95. The van der Waals surface area contributed by atoms with Gasteiger partial charge in [-0.25, -0.2) is 14.2 Å². The smallest absolute Gasteiger partial charge is 0.338 e. The molecule has 20 heavy (non-hydrogen) atoms. The van der Waals surface area contributed by atoms with E-state index in [-0.39, 0.29) is 5.56 Å². The molecule has 0 fully saturated rings. The number of hydrogen-bond acceptors (Lipinski definition) is 4. The van der Waals surface area contributed by atoms with Gasteiger partial charge in [-0.05, 0) is 20.0 Å². The average Bonchev–Trinajstić information content (AvgIpc) is 2.77. The summed E-state index contributed by atoms with van der Waals surface area (Å²) in [5.41, 5.74) is 2.85. The zero-order valence-electron chi connectivity index (χ0n) is 11.3. The minimum atomic E-state index is -1.25. The fourth-order valence-electron chi connectivity index (χ4n) is 1.94. The van der Waals surface area contributed by atoms with Crippen molar-refractivity contribution in [1.82, 2.24) is 9.88 Å². The summed E-state index contributed by atoms with van der Waals surface area (Å²) in [4.78, 5) is 18.1. The first-order chi connectivity index (χ1) is 9.49. The Labute approximate surface area is 120 Å². The van der Waals surface area contributed by atoms with E-state index in [1.807, 2.05) is 18.9 Å². The van der Waals surface area contributed by atoms with Crippen molar-refractivity contribution in [3.8, 4) is 0 Å². The van der Waals surface area contributed by atoms with Crippen molar-refractivity contribution in [2.75, 3.05) is 7.05 Å². The van der Waals surface area contributed by atoms with Crippen molar-refractivity contribution < 1.29 is 14.3 Å². The molecule has 0 unspecified atom stereocenters. The Morgan fingerprint density at radius 3 is 2.80 bits per heavy atom. The molecule has 1 aromatic heterocycles. The SMILES string of the molecule is Cc1ncsc1CN(C)Cc1cccc(C(=O)O)c1F. The summed E-state index contributed by atoms with van der Waals surface area (Å²) in [5, 5.41) is 8.91. The van der Waals surface area contributed by atoms with Crippen molar-refractivity contribution >= 4 is 17.3 Å². The van der Waals surface area contributed by atoms with Gasteiger partial charge in [0.2, 0.25) is 0 Å². The Balaban J connectivity index is 2.12. The minimum absolute atomic E-state index is 0.287. The summed E-state index contributed by atoms with van der Waals surface area (Å²) in [6, 6.07) is 4.44.